The van der Waals surface area contributed by atoms with Crippen molar-refractivity contribution in [3.8, 4) is 0 Å². The van der Waals surface area contributed by atoms with Crippen LogP contribution in [-0.2, 0) is 10.0 Å². The molecule has 4 nitrogen and oxygen atoms in total. The lowest BCUT2D eigenvalue weighted by molar-refractivity contribution is 0.348. The zero-order valence-corrected chi connectivity index (χ0v) is 13.6. The van der Waals surface area contributed by atoms with Gasteiger partial charge in [-0.05, 0) is 43.7 Å². The summed E-state index contributed by atoms with van der Waals surface area (Å²) in [5, 5.41) is 3.22. The van der Waals surface area contributed by atoms with Gasteiger partial charge in [0.15, 0.2) is 0 Å². The largest absolute Gasteiger partial charge is 0.315 e. The highest BCUT2D eigenvalue weighted by Crippen LogP contribution is 2.25. The van der Waals surface area contributed by atoms with E-state index >= 15 is 0 Å². The average molecular weight is 347 g/mol. The van der Waals surface area contributed by atoms with Crippen LogP contribution in [0.25, 0.3) is 0 Å². The molecule has 1 unspecified atom stereocenters. The van der Waals surface area contributed by atoms with Gasteiger partial charge in [0.1, 0.15) is 0 Å². The maximum absolute atomic E-state index is 12.7. The number of halogens is 1. The number of rotatable bonds is 4. The van der Waals surface area contributed by atoms with E-state index in [1.807, 2.05) is 13.8 Å². The average Bonchev–Trinajstić information content (AvgIpc) is 2.86. The zero-order valence-electron chi connectivity index (χ0n) is 11.2. The molecule has 0 radical (unpaired) electrons. The number of aryl methyl sites for hydroxylation is 1. The van der Waals surface area contributed by atoms with E-state index < -0.39 is 10.0 Å². The predicted molar refractivity (Wildman–Crippen MR) is 79.7 cm³/mol. The number of nitrogens with one attached hydrogen (secondary N) is 1. The molecule has 1 aromatic carbocycles. The van der Waals surface area contributed by atoms with Crippen molar-refractivity contribution >= 4 is 26.0 Å². The SMILES string of the molecule is CCN(C1CCNC1)S(=O)(=O)c1ccc(Br)c(C)c1. The highest BCUT2D eigenvalue weighted by atomic mass is 79.9. The Morgan fingerprint density at radius 3 is 2.74 bits per heavy atom. The molecule has 0 aliphatic carbocycles. The summed E-state index contributed by atoms with van der Waals surface area (Å²) in [4.78, 5) is 0.377. The summed E-state index contributed by atoms with van der Waals surface area (Å²) >= 11 is 3.40. The molecule has 1 N–H and O–H groups in total. The first kappa shape index (κ1) is 15.0. The Hall–Kier alpha value is -0.430. The van der Waals surface area contributed by atoms with Crippen LogP contribution in [0.4, 0.5) is 0 Å². The Morgan fingerprint density at radius 2 is 2.21 bits per heavy atom. The second kappa shape index (κ2) is 5.91. The lowest BCUT2D eigenvalue weighted by Crippen LogP contribution is -2.41. The minimum Gasteiger partial charge on any atom is -0.315 e. The molecule has 0 bridgehead atoms. The maximum atomic E-state index is 12.7. The van der Waals surface area contributed by atoms with Gasteiger partial charge in [-0.2, -0.15) is 4.31 Å². The van der Waals surface area contributed by atoms with Gasteiger partial charge in [0.25, 0.3) is 0 Å². The van der Waals surface area contributed by atoms with Crippen molar-refractivity contribution < 1.29 is 8.42 Å². The third kappa shape index (κ3) is 3.02. The molecule has 0 spiro atoms. The topological polar surface area (TPSA) is 49.4 Å². The van der Waals surface area contributed by atoms with Gasteiger partial charge in [-0.15, -0.1) is 0 Å². The molecule has 1 aromatic rings. The van der Waals surface area contributed by atoms with Crippen LogP contribution in [0.15, 0.2) is 27.6 Å². The molecule has 6 heteroatoms. The Bertz CT molecular complexity index is 554. The van der Waals surface area contributed by atoms with Gasteiger partial charge in [-0.3, -0.25) is 0 Å². The lowest BCUT2D eigenvalue weighted by Gasteiger charge is -2.26. The second-order valence-corrected chi connectivity index (χ2v) is 7.51. The van der Waals surface area contributed by atoms with Crippen LogP contribution in [0.5, 0.6) is 0 Å². The quantitative estimate of drug-likeness (QED) is 0.908. The fraction of sp³-hybridized carbons (Fsp3) is 0.538. The van der Waals surface area contributed by atoms with Crippen LogP contribution in [-0.4, -0.2) is 38.4 Å². The molecule has 19 heavy (non-hydrogen) atoms. The van der Waals surface area contributed by atoms with E-state index in [4.69, 9.17) is 0 Å². The normalized spacial score (nSPS) is 20.1. The minimum atomic E-state index is -3.40. The van der Waals surface area contributed by atoms with Crippen LogP contribution in [0.3, 0.4) is 0 Å². The molecular formula is C13H19BrN2O2S. The molecule has 1 atom stereocenters. The highest BCUT2D eigenvalue weighted by molar-refractivity contribution is 9.10. The van der Waals surface area contributed by atoms with Crippen molar-refractivity contribution in [1.82, 2.24) is 9.62 Å². The molecule has 106 valence electrons. The van der Waals surface area contributed by atoms with Crippen molar-refractivity contribution in [2.24, 2.45) is 0 Å². The predicted octanol–water partition coefficient (Wildman–Crippen LogP) is 2.13. The monoisotopic (exact) mass is 346 g/mol. The first-order valence-corrected chi connectivity index (χ1v) is 8.69. The zero-order chi connectivity index (χ0) is 14.0. The van der Waals surface area contributed by atoms with Crippen LogP contribution < -0.4 is 5.32 Å². The van der Waals surface area contributed by atoms with Crippen molar-refractivity contribution in [2.75, 3.05) is 19.6 Å². The number of nitrogens with zero attached hydrogens (tertiary/aromatic N) is 1. The highest BCUT2D eigenvalue weighted by Gasteiger charge is 2.32. The van der Waals surface area contributed by atoms with Gasteiger partial charge in [-0.25, -0.2) is 8.42 Å². The number of benzene rings is 1. The molecule has 1 aliphatic rings. The summed E-state index contributed by atoms with van der Waals surface area (Å²) < 4.78 is 27.9. The fourth-order valence-corrected chi connectivity index (χ4v) is 4.42. The van der Waals surface area contributed by atoms with Gasteiger partial charge >= 0.3 is 0 Å². The van der Waals surface area contributed by atoms with Gasteiger partial charge in [0, 0.05) is 23.6 Å². The Kier molecular flexibility index (Phi) is 4.66. The lowest BCUT2D eigenvalue weighted by atomic mass is 10.2. The van der Waals surface area contributed by atoms with Gasteiger partial charge in [0.05, 0.1) is 4.90 Å². The van der Waals surface area contributed by atoms with E-state index in [0.717, 1.165) is 29.5 Å². The van der Waals surface area contributed by atoms with Crippen LogP contribution in [0.2, 0.25) is 0 Å². The number of likely N-dealkylation sites (N-methyl/N-ethyl adjacent to an activating group) is 1. The molecule has 1 saturated heterocycles. The standard InChI is InChI=1S/C13H19BrN2O2S/c1-3-16(11-6-7-15-9-11)19(17,18)12-4-5-13(14)10(2)8-12/h4-5,8,11,15H,3,6-7,9H2,1-2H3. The molecule has 1 aliphatic heterocycles. The first-order chi connectivity index (χ1) is 8.96. The van der Waals surface area contributed by atoms with Crippen molar-refractivity contribution in [1.29, 1.82) is 0 Å². The molecule has 0 aromatic heterocycles. The summed E-state index contributed by atoms with van der Waals surface area (Å²) in [5.74, 6) is 0. The summed E-state index contributed by atoms with van der Waals surface area (Å²) in [7, 11) is -3.40. The Balaban J connectivity index is 2.36. The first-order valence-electron chi connectivity index (χ1n) is 6.45. The van der Waals surface area contributed by atoms with E-state index in [-0.39, 0.29) is 6.04 Å². The Morgan fingerprint density at radius 1 is 1.47 bits per heavy atom. The van der Waals surface area contributed by atoms with Gasteiger partial charge < -0.3 is 5.32 Å². The molecule has 0 saturated carbocycles. The second-order valence-electron chi connectivity index (χ2n) is 4.77. The van der Waals surface area contributed by atoms with E-state index in [2.05, 4.69) is 21.2 Å². The number of hydrogen-bond donors (Lipinski definition) is 1. The fourth-order valence-electron chi connectivity index (χ4n) is 2.42. The third-order valence-electron chi connectivity index (χ3n) is 3.49. The summed E-state index contributed by atoms with van der Waals surface area (Å²) in [6.45, 7) is 5.92. The van der Waals surface area contributed by atoms with E-state index in [9.17, 15) is 8.42 Å². The third-order valence-corrected chi connectivity index (χ3v) is 6.40. The summed E-state index contributed by atoms with van der Waals surface area (Å²) in [6.07, 6.45) is 0.878. The smallest absolute Gasteiger partial charge is 0.243 e. The van der Waals surface area contributed by atoms with Crippen LogP contribution >= 0.6 is 15.9 Å². The van der Waals surface area contributed by atoms with Crippen molar-refractivity contribution in [2.45, 2.75) is 31.2 Å². The van der Waals surface area contributed by atoms with Crippen LogP contribution in [0, 0.1) is 6.92 Å². The van der Waals surface area contributed by atoms with Crippen molar-refractivity contribution in [3.63, 3.8) is 0 Å². The Labute approximate surface area is 123 Å². The van der Waals surface area contributed by atoms with E-state index in [1.165, 1.54) is 0 Å². The van der Waals surface area contributed by atoms with E-state index in [0.29, 0.717) is 11.4 Å². The minimum absolute atomic E-state index is 0.0685. The molecular weight excluding hydrogens is 328 g/mol. The van der Waals surface area contributed by atoms with Gasteiger partial charge in [-0.1, -0.05) is 22.9 Å². The molecule has 0 amide bonds. The number of hydrogen-bond acceptors (Lipinski definition) is 3. The van der Waals surface area contributed by atoms with Crippen LogP contribution in [0.1, 0.15) is 18.9 Å². The summed E-state index contributed by atoms with van der Waals surface area (Å²) in [5.41, 5.74) is 0.932. The molecule has 1 heterocycles. The maximum Gasteiger partial charge on any atom is 0.243 e. The summed E-state index contributed by atoms with van der Waals surface area (Å²) in [6, 6.07) is 5.25. The van der Waals surface area contributed by atoms with Gasteiger partial charge in [0.2, 0.25) is 10.0 Å². The van der Waals surface area contributed by atoms with E-state index in [1.54, 1.807) is 22.5 Å². The van der Waals surface area contributed by atoms with Crippen molar-refractivity contribution in [3.05, 3.63) is 28.2 Å². The molecule has 1 fully saturated rings. The molecule has 2 rings (SSSR count). The number of sulfonamides is 1.